The summed E-state index contributed by atoms with van der Waals surface area (Å²) in [6, 6.07) is 5.94. The zero-order valence-corrected chi connectivity index (χ0v) is 12.7. The number of alkyl halides is 1. The number of ether oxygens (including phenoxy) is 2. The third-order valence-corrected chi connectivity index (χ3v) is 4.05. The van der Waals surface area contributed by atoms with Crippen LogP contribution in [0.5, 0.6) is 5.75 Å². The molecule has 1 aromatic carbocycles. The van der Waals surface area contributed by atoms with Crippen molar-refractivity contribution >= 4 is 27.5 Å². The second-order valence-electron chi connectivity index (χ2n) is 4.49. The van der Waals surface area contributed by atoms with Gasteiger partial charge in [0.1, 0.15) is 5.75 Å². The Balaban J connectivity index is 1.78. The molecular formula is C14H18BrClO2. The molecule has 4 heteroatoms. The maximum absolute atomic E-state index is 5.90. The molecule has 1 saturated heterocycles. The van der Waals surface area contributed by atoms with Gasteiger partial charge >= 0.3 is 0 Å². The largest absolute Gasteiger partial charge is 0.492 e. The Bertz CT molecular complexity index is 378. The van der Waals surface area contributed by atoms with Gasteiger partial charge in [-0.25, -0.2) is 0 Å². The summed E-state index contributed by atoms with van der Waals surface area (Å²) < 4.78 is 12.4. The third kappa shape index (κ3) is 3.87. The van der Waals surface area contributed by atoms with Crippen LogP contribution in [-0.2, 0) is 10.6 Å². The lowest BCUT2D eigenvalue weighted by molar-refractivity contribution is 0.0980. The van der Waals surface area contributed by atoms with Crippen LogP contribution in [0.2, 0.25) is 0 Å². The number of hydrogen-bond donors (Lipinski definition) is 0. The molecule has 0 spiro atoms. The minimum absolute atomic E-state index is 0.445. The molecular weight excluding hydrogens is 316 g/mol. The lowest BCUT2D eigenvalue weighted by atomic mass is 10.1. The summed E-state index contributed by atoms with van der Waals surface area (Å²) in [5, 5.41) is 0. The molecule has 1 heterocycles. The van der Waals surface area contributed by atoms with Crippen LogP contribution in [-0.4, -0.2) is 19.3 Å². The molecule has 1 fully saturated rings. The number of halogens is 2. The highest BCUT2D eigenvalue weighted by atomic mass is 79.9. The molecule has 0 N–H and O–H groups in total. The molecule has 1 atom stereocenters. The molecule has 0 amide bonds. The van der Waals surface area contributed by atoms with Crippen molar-refractivity contribution in [3.63, 3.8) is 0 Å². The molecule has 0 aliphatic carbocycles. The summed E-state index contributed by atoms with van der Waals surface area (Å²) in [5.41, 5.74) is 1.03. The Labute approximate surface area is 122 Å². The van der Waals surface area contributed by atoms with Gasteiger partial charge in [-0.2, -0.15) is 0 Å². The first-order chi connectivity index (χ1) is 8.81. The maximum Gasteiger partial charge on any atom is 0.137 e. The summed E-state index contributed by atoms with van der Waals surface area (Å²) in [7, 11) is 0. The van der Waals surface area contributed by atoms with Crippen LogP contribution in [0, 0.1) is 0 Å². The van der Waals surface area contributed by atoms with Crippen molar-refractivity contribution in [1.29, 1.82) is 0 Å². The Morgan fingerprint density at radius 3 is 3.06 bits per heavy atom. The molecule has 100 valence electrons. The number of benzene rings is 1. The van der Waals surface area contributed by atoms with Crippen molar-refractivity contribution in [1.82, 2.24) is 0 Å². The van der Waals surface area contributed by atoms with Crippen LogP contribution in [0.1, 0.15) is 31.2 Å². The van der Waals surface area contributed by atoms with Gasteiger partial charge in [0.05, 0.1) is 23.1 Å². The topological polar surface area (TPSA) is 18.5 Å². The van der Waals surface area contributed by atoms with E-state index in [0.717, 1.165) is 35.2 Å². The van der Waals surface area contributed by atoms with E-state index in [1.807, 2.05) is 18.2 Å². The fourth-order valence-corrected chi connectivity index (χ4v) is 2.91. The van der Waals surface area contributed by atoms with E-state index in [1.165, 1.54) is 12.8 Å². The van der Waals surface area contributed by atoms with Crippen molar-refractivity contribution in [2.24, 2.45) is 0 Å². The molecule has 1 aromatic rings. The highest BCUT2D eigenvalue weighted by Crippen LogP contribution is 2.30. The summed E-state index contributed by atoms with van der Waals surface area (Å²) >= 11 is 9.40. The fraction of sp³-hybridized carbons (Fsp3) is 0.571. The van der Waals surface area contributed by atoms with Gasteiger partial charge in [0.2, 0.25) is 0 Å². The minimum atomic E-state index is 0.445. The Morgan fingerprint density at radius 2 is 2.33 bits per heavy atom. The molecule has 0 saturated carbocycles. The SMILES string of the molecule is ClCc1cccc(Br)c1OCCCC1CCCO1. The number of para-hydroxylation sites is 1. The Kier molecular flexibility index (Phi) is 5.80. The van der Waals surface area contributed by atoms with Gasteiger partial charge in [-0.15, -0.1) is 11.6 Å². The van der Waals surface area contributed by atoms with E-state index >= 15 is 0 Å². The van der Waals surface area contributed by atoms with Gasteiger partial charge in [0.15, 0.2) is 0 Å². The van der Waals surface area contributed by atoms with E-state index in [-0.39, 0.29) is 0 Å². The smallest absolute Gasteiger partial charge is 0.137 e. The zero-order chi connectivity index (χ0) is 12.8. The van der Waals surface area contributed by atoms with Gasteiger partial charge in [0, 0.05) is 12.2 Å². The van der Waals surface area contributed by atoms with Crippen molar-refractivity contribution < 1.29 is 9.47 Å². The normalized spacial score (nSPS) is 19.1. The number of rotatable bonds is 6. The predicted octanol–water partition coefficient (Wildman–Crippen LogP) is 4.53. The Hall–Kier alpha value is -0.250. The van der Waals surface area contributed by atoms with Crippen LogP contribution in [0.15, 0.2) is 22.7 Å². The molecule has 1 aliphatic heterocycles. The van der Waals surface area contributed by atoms with Gasteiger partial charge in [-0.1, -0.05) is 12.1 Å². The number of hydrogen-bond acceptors (Lipinski definition) is 2. The molecule has 1 unspecified atom stereocenters. The first-order valence-electron chi connectivity index (χ1n) is 6.39. The van der Waals surface area contributed by atoms with Crippen LogP contribution < -0.4 is 4.74 Å². The highest BCUT2D eigenvalue weighted by molar-refractivity contribution is 9.10. The van der Waals surface area contributed by atoms with E-state index in [0.29, 0.717) is 18.6 Å². The second kappa shape index (κ2) is 7.37. The van der Waals surface area contributed by atoms with E-state index in [4.69, 9.17) is 21.1 Å². The molecule has 0 radical (unpaired) electrons. The monoisotopic (exact) mass is 332 g/mol. The summed E-state index contributed by atoms with van der Waals surface area (Å²) in [4.78, 5) is 0. The first kappa shape index (κ1) is 14.2. The van der Waals surface area contributed by atoms with Crippen molar-refractivity contribution in [2.45, 2.75) is 37.7 Å². The fourth-order valence-electron chi connectivity index (χ4n) is 2.18. The highest BCUT2D eigenvalue weighted by Gasteiger charge is 2.15. The van der Waals surface area contributed by atoms with Gasteiger partial charge < -0.3 is 9.47 Å². The van der Waals surface area contributed by atoms with Gasteiger partial charge in [-0.05, 0) is 47.7 Å². The molecule has 0 bridgehead atoms. The third-order valence-electron chi connectivity index (χ3n) is 3.13. The quantitative estimate of drug-likeness (QED) is 0.562. The standard InChI is InChI=1S/C14H18BrClO2/c15-13-7-1-4-11(10-16)14(13)18-9-3-6-12-5-2-8-17-12/h1,4,7,12H,2-3,5-6,8-10H2. The van der Waals surface area contributed by atoms with Crippen LogP contribution in [0.25, 0.3) is 0 Å². The summed E-state index contributed by atoms with van der Waals surface area (Å²) in [6.45, 7) is 1.64. The van der Waals surface area contributed by atoms with E-state index < -0.39 is 0 Å². The summed E-state index contributed by atoms with van der Waals surface area (Å²) in [6.07, 6.45) is 4.95. The zero-order valence-electron chi connectivity index (χ0n) is 10.3. The molecule has 2 nitrogen and oxygen atoms in total. The molecule has 0 aromatic heterocycles. The van der Waals surface area contributed by atoms with Gasteiger partial charge in [-0.3, -0.25) is 0 Å². The van der Waals surface area contributed by atoms with Crippen LogP contribution in [0.3, 0.4) is 0 Å². The summed E-state index contributed by atoms with van der Waals surface area (Å²) in [5.74, 6) is 1.35. The van der Waals surface area contributed by atoms with E-state index in [1.54, 1.807) is 0 Å². The lowest BCUT2D eigenvalue weighted by Gasteiger charge is -2.13. The van der Waals surface area contributed by atoms with E-state index in [9.17, 15) is 0 Å². The molecule has 2 rings (SSSR count). The van der Waals surface area contributed by atoms with Crippen molar-refractivity contribution in [3.8, 4) is 5.75 Å². The van der Waals surface area contributed by atoms with Crippen molar-refractivity contribution in [2.75, 3.05) is 13.2 Å². The maximum atomic E-state index is 5.90. The average molecular weight is 334 g/mol. The van der Waals surface area contributed by atoms with Gasteiger partial charge in [0.25, 0.3) is 0 Å². The molecule has 18 heavy (non-hydrogen) atoms. The van der Waals surface area contributed by atoms with Crippen LogP contribution >= 0.6 is 27.5 Å². The Morgan fingerprint density at radius 1 is 1.44 bits per heavy atom. The predicted molar refractivity (Wildman–Crippen MR) is 77.4 cm³/mol. The first-order valence-corrected chi connectivity index (χ1v) is 7.72. The average Bonchev–Trinajstić information content (AvgIpc) is 2.89. The molecule has 1 aliphatic rings. The van der Waals surface area contributed by atoms with Crippen LogP contribution in [0.4, 0.5) is 0 Å². The minimum Gasteiger partial charge on any atom is -0.492 e. The second-order valence-corrected chi connectivity index (χ2v) is 5.61. The lowest BCUT2D eigenvalue weighted by Crippen LogP contribution is -2.08. The van der Waals surface area contributed by atoms with E-state index in [2.05, 4.69) is 15.9 Å². The van der Waals surface area contributed by atoms with Crippen molar-refractivity contribution in [3.05, 3.63) is 28.2 Å².